The average molecular weight is 270 g/mol. The van der Waals surface area contributed by atoms with Crippen molar-refractivity contribution in [2.75, 3.05) is 0 Å². The highest BCUT2D eigenvalue weighted by atomic mass is 14.1. The van der Waals surface area contributed by atoms with E-state index in [1.165, 1.54) is 11.1 Å². The highest BCUT2D eigenvalue weighted by Gasteiger charge is 2.06. The molecule has 0 aliphatic heterocycles. The molecule has 0 spiro atoms. The van der Waals surface area contributed by atoms with Gasteiger partial charge in [0, 0.05) is 22.0 Å². The number of rotatable bonds is 1. The molecule has 0 radical (unpaired) electrons. The molecule has 0 aromatic heterocycles. The van der Waals surface area contributed by atoms with E-state index in [0.717, 1.165) is 11.1 Å². The fraction of sp³-hybridized carbons (Fsp3) is 0.600. The Hall–Kier alpha value is -1.40. The molecule has 0 heterocycles. The van der Waals surface area contributed by atoms with Crippen molar-refractivity contribution in [2.45, 2.75) is 69.2 Å². The van der Waals surface area contributed by atoms with Crippen LogP contribution in [0.2, 0.25) is 0 Å². The smallest absolute Gasteiger partial charge is 0.0233 e. The van der Waals surface area contributed by atoms with E-state index in [0.29, 0.717) is 0 Å². The number of hydrogen-bond donors (Lipinski definition) is 0. The molecule has 0 N–H and O–H groups in total. The van der Waals surface area contributed by atoms with E-state index < -0.39 is 0 Å². The summed E-state index contributed by atoms with van der Waals surface area (Å²) in [5, 5.41) is 0. The topological polar surface area (TPSA) is 0 Å². The maximum absolute atomic E-state index is 3.29. The van der Waals surface area contributed by atoms with Gasteiger partial charge in [-0.25, -0.2) is 0 Å². The predicted molar refractivity (Wildman–Crippen MR) is 91.2 cm³/mol. The summed E-state index contributed by atoms with van der Waals surface area (Å²) in [6.07, 6.45) is 0. The molecule has 110 valence electrons. The SMILES string of the molecule is C/C(C#CC(C)(C)C)=C(C)/C(C)=C(/C)C#CC(C)(C)C. The van der Waals surface area contributed by atoms with Crippen molar-refractivity contribution in [2.24, 2.45) is 10.8 Å². The molecule has 0 unspecified atom stereocenters. The molecule has 0 aliphatic carbocycles. The van der Waals surface area contributed by atoms with E-state index in [9.17, 15) is 0 Å². The van der Waals surface area contributed by atoms with Gasteiger partial charge in [-0.3, -0.25) is 0 Å². The Kier molecular flexibility index (Phi) is 6.37. The van der Waals surface area contributed by atoms with Crippen LogP contribution in [-0.4, -0.2) is 0 Å². The van der Waals surface area contributed by atoms with Gasteiger partial charge in [-0.2, -0.15) is 0 Å². The molecule has 0 aromatic rings. The van der Waals surface area contributed by atoms with E-state index in [4.69, 9.17) is 0 Å². The molecule has 0 saturated carbocycles. The standard InChI is InChI=1S/C20H30/c1-15(11-13-19(5,6)7)17(3)18(4)16(2)12-14-20(8,9)10/h1-10H3/b17-15-,18-16-. The molecule has 0 nitrogen and oxygen atoms in total. The van der Waals surface area contributed by atoms with E-state index in [-0.39, 0.29) is 10.8 Å². The lowest BCUT2D eigenvalue weighted by Crippen LogP contribution is -2.00. The Balaban J connectivity index is 5.50. The van der Waals surface area contributed by atoms with Crippen LogP contribution in [0.25, 0.3) is 0 Å². The second-order valence-electron chi connectivity index (χ2n) is 7.50. The van der Waals surface area contributed by atoms with Crippen molar-refractivity contribution in [3.8, 4) is 23.7 Å². The zero-order chi connectivity index (χ0) is 16.1. The van der Waals surface area contributed by atoms with Gasteiger partial charge in [0.25, 0.3) is 0 Å². The first-order chi connectivity index (χ1) is 8.83. The van der Waals surface area contributed by atoms with E-state index >= 15 is 0 Å². The zero-order valence-corrected chi connectivity index (χ0v) is 15.0. The number of allylic oxidation sites excluding steroid dienone is 4. The lowest BCUT2D eigenvalue weighted by molar-refractivity contribution is 0.570. The monoisotopic (exact) mass is 270 g/mol. The highest BCUT2D eigenvalue weighted by Crippen LogP contribution is 2.19. The second-order valence-corrected chi connectivity index (χ2v) is 7.50. The van der Waals surface area contributed by atoms with Gasteiger partial charge in [-0.15, -0.1) is 0 Å². The Morgan fingerprint density at radius 3 is 1.00 bits per heavy atom. The summed E-state index contributed by atoms with van der Waals surface area (Å²) in [5.41, 5.74) is 4.83. The first kappa shape index (κ1) is 18.6. The molecule has 0 aliphatic rings. The Morgan fingerprint density at radius 2 is 0.800 bits per heavy atom. The minimum Gasteiger partial charge on any atom is -0.0923 e. The van der Waals surface area contributed by atoms with Crippen molar-refractivity contribution < 1.29 is 0 Å². The predicted octanol–water partition coefficient (Wildman–Crippen LogP) is 5.76. The molecule has 0 heteroatoms. The molecule has 20 heavy (non-hydrogen) atoms. The Morgan fingerprint density at radius 1 is 0.550 bits per heavy atom. The first-order valence-electron chi connectivity index (χ1n) is 7.25. The lowest BCUT2D eigenvalue weighted by Gasteiger charge is -2.10. The summed E-state index contributed by atoms with van der Waals surface area (Å²) in [6, 6.07) is 0. The Labute approximate surface area is 126 Å². The van der Waals surface area contributed by atoms with Crippen LogP contribution < -0.4 is 0 Å². The largest absolute Gasteiger partial charge is 0.0923 e. The zero-order valence-electron chi connectivity index (χ0n) is 15.0. The van der Waals surface area contributed by atoms with Gasteiger partial charge in [-0.1, -0.05) is 23.7 Å². The highest BCUT2D eigenvalue weighted by molar-refractivity contribution is 5.47. The van der Waals surface area contributed by atoms with Crippen LogP contribution in [-0.2, 0) is 0 Å². The maximum Gasteiger partial charge on any atom is 0.0233 e. The van der Waals surface area contributed by atoms with Gasteiger partial charge in [0.2, 0.25) is 0 Å². The lowest BCUT2D eigenvalue weighted by atomic mass is 9.94. The number of hydrogen-bond acceptors (Lipinski definition) is 0. The molecular formula is C20H30. The van der Waals surface area contributed by atoms with Gasteiger partial charge < -0.3 is 0 Å². The molecule has 0 atom stereocenters. The van der Waals surface area contributed by atoms with Gasteiger partial charge in [-0.05, 0) is 80.4 Å². The van der Waals surface area contributed by atoms with Crippen molar-refractivity contribution in [3.63, 3.8) is 0 Å². The molecule has 0 amide bonds. The molecule has 0 rings (SSSR count). The van der Waals surface area contributed by atoms with Crippen LogP contribution >= 0.6 is 0 Å². The third-order valence-electron chi connectivity index (χ3n) is 2.94. The van der Waals surface area contributed by atoms with E-state index in [1.807, 2.05) is 0 Å². The summed E-state index contributed by atoms with van der Waals surface area (Å²) >= 11 is 0. The minimum absolute atomic E-state index is 0.0419. The first-order valence-corrected chi connectivity index (χ1v) is 7.25. The summed E-state index contributed by atoms with van der Waals surface area (Å²) in [6.45, 7) is 21.2. The summed E-state index contributed by atoms with van der Waals surface area (Å²) in [7, 11) is 0. The summed E-state index contributed by atoms with van der Waals surface area (Å²) < 4.78 is 0. The fourth-order valence-electron chi connectivity index (χ4n) is 1.31. The van der Waals surface area contributed by atoms with Crippen LogP contribution in [0.5, 0.6) is 0 Å². The Bertz CT molecular complexity index is 477. The molecular weight excluding hydrogens is 240 g/mol. The van der Waals surface area contributed by atoms with Crippen LogP contribution in [0.1, 0.15) is 69.2 Å². The van der Waals surface area contributed by atoms with Gasteiger partial charge >= 0.3 is 0 Å². The van der Waals surface area contributed by atoms with Crippen LogP contribution in [0.4, 0.5) is 0 Å². The van der Waals surface area contributed by atoms with E-state index in [1.54, 1.807) is 0 Å². The summed E-state index contributed by atoms with van der Waals surface area (Å²) in [5.74, 6) is 13.1. The minimum atomic E-state index is 0.0419. The molecule has 0 bridgehead atoms. The van der Waals surface area contributed by atoms with Crippen LogP contribution in [0, 0.1) is 34.5 Å². The van der Waals surface area contributed by atoms with Crippen molar-refractivity contribution in [1.29, 1.82) is 0 Å². The van der Waals surface area contributed by atoms with Gasteiger partial charge in [0.15, 0.2) is 0 Å². The molecule has 0 aromatic carbocycles. The second kappa shape index (κ2) is 6.85. The molecule has 0 saturated heterocycles. The van der Waals surface area contributed by atoms with E-state index in [2.05, 4.69) is 92.9 Å². The third-order valence-corrected chi connectivity index (χ3v) is 2.94. The van der Waals surface area contributed by atoms with Crippen molar-refractivity contribution in [3.05, 3.63) is 22.3 Å². The van der Waals surface area contributed by atoms with Gasteiger partial charge in [0.1, 0.15) is 0 Å². The third kappa shape index (κ3) is 7.91. The van der Waals surface area contributed by atoms with Crippen LogP contribution in [0.3, 0.4) is 0 Å². The molecule has 0 fully saturated rings. The normalized spacial score (nSPS) is 14.3. The maximum atomic E-state index is 3.29. The summed E-state index contributed by atoms with van der Waals surface area (Å²) in [4.78, 5) is 0. The van der Waals surface area contributed by atoms with Gasteiger partial charge in [0.05, 0.1) is 0 Å². The fourth-order valence-corrected chi connectivity index (χ4v) is 1.31. The van der Waals surface area contributed by atoms with Crippen LogP contribution in [0.15, 0.2) is 22.3 Å². The quantitative estimate of drug-likeness (QED) is 0.420. The van der Waals surface area contributed by atoms with Crippen molar-refractivity contribution >= 4 is 0 Å². The van der Waals surface area contributed by atoms with Crippen molar-refractivity contribution in [1.82, 2.24) is 0 Å². The average Bonchev–Trinajstić information content (AvgIpc) is 2.29.